The van der Waals surface area contributed by atoms with E-state index in [9.17, 15) is 0 Å². The highest BCUT2D eigenvalue weighted by atomic mass is 16.5. The maximum atomic E-state index is 5.77. The number of allylic oxidation sites excluding steroid dienone is 1. The van der Waals surface area contributed by atoms with Crippen LogP contribution < -0.4 is 0 Å². The van der Waals surface area contributed by atoms with Crippen molar-refractivity contribution >= 4 is 0 Å². The molecule has 0 spiro atoms. The monoisotopic (exact) mass is 216 g/mol. The third-order valence-electron chi connectivity index (χ3n) is 3.15. The molecule has 1 heteroatoms. The molecule has 1 atom stereocenters. The van der Waals surface area contributed by atoms with Gasteiger partial charge in [0.2, 0.25) is 0 Å². The molecule has 0 amide bonds. The van der Waals surface area contributed by atoms with E-state index in [0.717, 1.165) is 19.4 Å². The van der Waals surface area contributed by atoms with E-state index in [1.807, 2.05) is 0 Å². The van der Waals surface area contributed by atoms with Gasteiger partial charge in [0, 0.05) is 6.42 Å². The van der Waals surface area contributed by atoms with Crippen LogP contribution in [0.25, 0.3) is 0 Å². The number of rotatable bonds is 4. The maximum absolute atomic E-state index is 5.77. The lowest BCUT2D eigenvalue weighted by Crippen LogP contribution is -2.42. The molecule has 2 rings (SSSR count). The normalized spacial score (nSPS) is 23.6. The Labute approximate surface area is 98.1 Å². The van der Waals surface area contributed by atoms with Crippen LogP contribution in [-0.4, -0.2) is 12.2 Å². The van der Waals surface area contributed by atoms with Gasteiger partial charge < -0.3 is 4.74 Å². The summed E-state index contributed by atoms with van der Waals surface area (Å²) in [5.74, 6) is 0. The highest BCUT2D eigenvalue weighted by Crippen LogP contribution is 2.33. The van der Waals surface area contributed by atoms with E-state index < -0.39 is 0 Å². The average Bonchev–Trinajstić information content (AvgIpc) is 2.23. The second-order valence-electron chi connectivity index (χ2n) is 4.87. The van der Waals surface area contributed by atoms with E-state index in [1.165, 1.54) is 17.6 Å². The van der Waals surface area contributed by atoms with Gasteiger partial charge >= 0.3 is 0 Å². The van der Waals surface area contributed by atoms with Crippen molar-refractivity contribution in [1.82, 2.24) is 0 Å². The molecule has 0 saturated carbocycles. The second kappa shape index (κ2) is 4.84. The van der Waals surface area contributed by atoms with Gasteiger partial charge in [-0.05, 0) is 32.3 Å². The van der Waals surface area contributed by atoms with Crippen LogP contribution >= 0.6 is 0 Å². The third kappa shape index (κ3) is 2.73. The van der Waals surface area contributed by atoms with Crippen LogP contribution in [0.15, 0.2) is 42.0 Å². The molecule has 1 heterocycles. The quantitative estimate of drug-likeness (QED) is 0.697. The first-order valence-corrected chi connectivity index (χ1v) is 6.04. The van der Waals surface area contributed by atoms with Crippen LogP contribution in [0.1, 0.15) is 32.3 Å². The minimum absolute atomic E-state index is 0.0364. The van der Waals surface area contributed by atoms with Gasteiger partial charge in [-0.15, -0.1) is 0 Å². The predicted molar refractivity (Wildman–Crippen MR) is 67.5 cm³/mol. The van der Waals surface area contributed by atoms with Gasteiger partial charge in [0.15, 0.2) is 0 Å². The molecule has 0 bridgehead atoms. The van der Waals surface area contributed by atoms with Gasteiger partial charge in [0.1, 0.15) is 0 Å². The number of hydrogen-bond donors (Lipinski definition) is 0. The lowest BCUT2D eigenvalue weighted by Gasteiger charge is -2.40. The molecule has 1 aliphatic rings. The maximum Gasteiger partial charge on any atom is 0.0889 e. The van der Waals surface area contributed by atoms with Gasteiger partial charge in [-0.1, -0.05) is 42.0 Å². The molecule has 1 aromatic carbocycles. The molecule has 0 aliphatic carbocycles. The van der Waals surface area contributed by atoms with Crippen LogP contribution in [0.3, 0.4) is 0 Å². The molecule has 1 aromatic rings. The number of aryl methyl sites for hydroxylation is 1. The Kier molecular flexibility index (Phi) is 3.45. The van der Waals surface area contributed by atoms with Crippen LogP contribution in [0.2, 0.25) is 0 Å². The first kappa shape index (κ1) is 11.4. The topological polar surface area (TPSA) is 9.23 Å². The molecule has 1 unspecified atom stereocenters. The zero-order chi connectivity index (χ0) is 11.4. The minimum Gasteiger partial charge on any atom is -0.371 e. The molecule has 16 heavy (non-hydrogen) atoms. The SMILES string of the molecule is CC(C)=CC1(CCc2ccccc2)CCO1. The molecular weight excluding hydrogens is 196 g/mol. The third-order valence-corrected chi connectivity index (χ3v) is 3.15. The lowest BCUT2D eigenvalue weighted by atomic mass is 9.86. The Morgan fingerprint density at radius 2 is 2.00 bits per heavy atom. The summed E-state index contributed by atoms with van der Waals surface area (Å²) in [5, 5.41) is 0. The van der Waals surface area contributed by atoms with E-state index in [2.05, 4.69) is 50.3 Å². The fraction of sp³-hybridized carbons (Fsp3) is 0.467. The van der Waals surface area contributed by atoms with E-state index in [-0.39, 0.29) is 5.60 Å². The molecule has 1 fully saturated rings. The van der Waals surface area contributed by atoms with Crippen molar-refractivity contribution in [3.63, 3.8) is 0 Å². The van der Waals surface area contributed by atoms with Crippen molar-refractivity contribution in [2.24, 2.45) is 0 Å². The standard InChI is InChI=1S/C15H20O/c1-13(2)12-15(10-11-16-15)9-8-14-6-4-3-5-7-14/h3-7,12H,8-11H2,1-2H3. The van der Waals surface area contributed by atoms with Gasteiger partial charge in [0.25, 0.3) is 0 Å². The van der Waals surface area contributed by atoms with Crippen LogP contribution in [0, 0.1) is 0 Å². The molecular formula is C15H20O. The Balaban J connectivity index is 1.96. The minimum atomic E-state index is 0.0364. The summed E-state index contributed by atoms with van der Waals surface area (Å²) in [4.78, 5) is 0. The summed E-state index contributed by atoms with van der Waals surface area (Å²) in [6, 6.07) is 10.6. The summed E-state index contributed by atoms with van der Waals surface area (Å²) >= 11 is 0. The molecule has 0 radical (unpaired) electrons. The first-order chi connectivity index (χ1) is 7.70. The number of benzene rings is 1. The molecule has 0 N–H and O–H groups in total. The summed E-state index contributed by atoms with van der Waals surface area (Å²) in [7, 11) is 0. The van der Waals surface area contributed by atoms with E-state index in [1.54, 1.807) is 0 Å². The van der Waals surface area contributed by atoms with E-state index >= 15 is 0 Å². The van der Waals surface area contributed by atoms with Crippen molar-refractivity contribution in [1.29, 1.82) is 0 Å². The van der Waals surface area contributed by atoms with Gasteiger partial charge in [-0.25, -0.2) is 0 Å². The Morgan fingerprint density at radius 1 is 1.31 bits per heavy atom. The lowest BCUT2D eigenvalue weighted by molar-refractivity contribution is -0.116. The molecule has 1 nitrogen and oxygen atoms in total. The zero-order valence-electron chi connectivity index (χ0n) is 10.2. The number of ether oxygens (including phenoxy) is 1. The van der Waals surface area contributed by atoms with Crippen molar-refractivity contribution in [2.45, 2.75) is 38.7 Å². The summed E-state index contributed by atoms with van der Waals surface area (Å²) in [6.45, 7) is 5.20. The molecule has 86 valence electrons. The fourth-order valence-corrected chi connectivity index (χ4v) is 2.27. The largest absolute Gasteiger partial charge is 0.371 e. The first-order valence-electron chi connectivity index (χ1n) is 6.04. The Bertz CT molecular complexity index is 356. The van der Waals surface area contributed by atoms with Gasteiger partial charge in [0.05, 0.1) is 12.2 Å². The van der Waals surface area contributed by atoms with Crippen LogP contribution in [-0.2, 0) is 11.2 Å². The highest BCUT2D eigenvalue weighted by Gasteiger charge is 2.35. The zero-order valence-corrected chi connectivity index (χ0v) is 10.2. The average molecular weight is 216 g/mol. The second-order valence-corrected chi connectivity index (χ2v) is 4.87. The van der Waals surface area contributed by atoms with Crippen molar-refractivity contribution in [2.75, 3.05) is 6.61 Å². The van der Waals surface area contributed by atoms with E-state index in [4.69, 9.17) is 4.74 Å². The summed E-state index contributed by atoms with van der Waals surface area (Å²) in [5.41, 5.74) is 2.79. The Hall–Kier alpha value is -1.08. The van der Waals surface area contributed by atoms with Crippen LogP contribution in [0.4, 0.5) is 0 Å². The molecule has 1 aliphatic heterocycles. The van der Waals surface area contributed by atoms with Gasteiger partial charge in [-0.3, -0.25) is 0 Å². The van der Waals surface area contributed by atoms with E-state index in [0.29, 0.717) is 0 Å². The smallest absolute Gasteiger partial charge is 0.0889 e. The predicted octanol–water partition coefficient (Wildman–Crippen LogP) is 3.74. The summed E-state index contributed by atoms with van der Waals surface area (Å²) in [6.07, 6.45) is 5.66. The summed E-state index contributed by atoms with van der Waals surface area (Å²) < 4.78 is 5.77. The fourth-order valence-electron chi connectivity index (χ4n) is 2.27. The van der Waals surface area contributed by atoms with Gasteiger partial charge in [-0.2, -0.15) is 0 Å². The van der Waals surface area contributed by atoms with Crippen molar-refractivity contribution < 1.29 is 4.74 Å². The molecule has 1 saturated heterocycles. The van der Waals surface area contributed by atoms with Crippen LogP contribution in [0.5, 0.6) is 0 Å². The van der Waals surface area contributed by atoms with Crippen molar-refractivity contribution in [3.05, 3.63) is 47.5 Å². The van der Waals surface area contributed by atoms with Crippen molar-refractivity contribution in [3.8, 4) is 0 Å². The number of hydrogen-bond acceptors (Lipinski definition) is 1. The Morgan fingerprint density at radius 3 is 2.50 bits per heavy atom. The molecule has 0 aromatic heterocycles. The highest BCUT2D eigenvalue weighted by molar-refractivity contribution is 5.17.